The largest absolute Gasteiger partial charge is 0.466 e. The number of nitrogens with one attached hydrogen (secondary N) is 1. The predicted molar refractivity (Wildman–Crippen MR) is 105 cm³/mol. The van der Waals surface area contributed by atoms with Crippen molar-refractivity contribution in [3.05, 3.63) is 16.0 Å². The van der Waals surface area contributed by atoms with Gasteiger partial charge in [0.1, 0.15) is 11.1 Å². The van der Waals surface area contributed by atoms with Gasteiger partial charge in [0.15, 0.2) is 0 Å². The summed E-state index contributed by atoms with van der Waals surface area (Å²) in [6, 6.07) is 2.28. The van der Waals surface area contributed by atoms with E-state index >= 15 is 0 Å². The Morgan fingerprint density at radius 3 is 2.96 bits per heavy atom. The Morgan fingerprint density at radius 2 is 2.22 bits per heavy atom. The summed E-state index contributed by atoms with van der Waals surface area (Å²) in [6.07, 6.45) is 4.68. The molecule has 7 heteroatoms. The summed E-state index contributed by atoms with van der Waals surface area (Å²) in [6.45, 7) is 6.00. The lowest BCUT2D eigenvalue weighted by atomic mass is 9.89. The van der Waals surface area contributed by atoms with E-state index in [2.05, 4.69) is 18.3 Å². The van der Waals surface area contributed by atoms with Crippen molar-refractivity contribution < 1.29 is 14.3 Å². The number of hydrogen-bond donors (Lipinski definition) is 1. The van der Waals surface area contributed by atoms with Gasteiger partial charge in [0.25, 0.3) is 0 Å². The second kappa shape index (κ2) is 8.85. The van der Waals surface area contributed by atoms with Crippen LogP contribution in [0.3, 0.4) is 0 Å². The fraction of sp³-hybridized carbons (Fsp3) is 0.650. The number of anilines is 1. The zero-order chi connectivity index (χ0) is 19.4. The van der Waals surface area contributed by atoms with Crippen LogP contribution in [0.5, 0.6) is 0 Å². The van der Waals surface area contributed by atoms with Gasteiger partial charge in [-0.05, 0) is 57.1 Å². The average molecular weight is 390 g/mol. The van der Waals surface area contributed by atoms with Gasteiger partial charge in [-0.2, -0.15) is 5.26 Å². The Labute approximate surface area is 164 Å². The summed E-state index contributed by atoms with van der Waals surface area (Å²) in [5.74, 6) is 0.174. The molecule has 0 bridgehead atoms. The van der Waals surface area contributed by atoms with Crippen LogP contribution in [0, 0.1) is 23.2 Å². The molecule has 2 aliphatic rings. The highest BCUT2D eigenvalue weighted by Gasteiger charge is 2.29. The number of piperidine rings is 1. The lowest BCUT2D eigenvalue weighted by molar-refractivity contribution is -0.150. The number of hydrogen-bond acceptors (Lipinski definition) is 6. The maximum Gasteiger partial charge on any atom is 0.310 e. The van der Waals surface area contributed by atoms with Crippen LogP contribution in [0.2, 0.25) is 0 Å². The number of thiophene rings is 1. The lowest BCUT2D eigenvalue weighted by Gasteiger charge is -2.30. The summed E-state index contributed by atoms with van der Waals surface area (Å²) in [4.78, 5) is 27.8. The van der Waals surface area contributed by atoms with Gasteiger partial charge >= 0.3 is 5.97 Å². The van der Waals surface area contributed by atoms with E-state index in [0.717, 1.165) is 44.2 Å². The molecule has 2 atom stereocenters. The fourth-order valence-electron chi connectivity index (χ4n) is 3.98. The average Bonchev–Trinajstić information content (AvgIpc) is 2.97. The maximum absolute atomic E-state index is 12.6. The molecule has 27 heavy (non-hydrogen) atoms. The number of carbonyl (C=O) groups excluding carboxylic acids is 2. The van der Waals surface area contributed by atoms with Gasteiger partial charge in [-0.25, -0.2) is 0 Å². The van der Waals surface area contributed by atoms with Crippen molar-refractivity contribution in [2.24, 2.45) is 11.8 Å². The Kier molecular flexibility index (Phi) is 6.51. The quantitative estimate of drug-likeness (QED) is 0.783. The second-order valence-electron chi connectivity index (χ2n) is 7.54. The number of likely N-dealkylation sites (tertiary alicyclic amines) is 1. The van der Waals surface area contributed by atoms with Crippen LogP contribution < -0.4 is 5.32 Å². The molecule has 2 heterocycles. The molecule has 146 valence electrons. The topological polar surface area (TPSA) is 82.4 Å². The third kappa shape index (κ3) is 4.69. The Balaban J connectivity index is 1.61. The first-order valence-corrected chi connectivity index (χ1v) is 10.6. The molecule has 1 aromatic heterocycles. The summed E-state index contributed by atoms with van der Waals surface area (Å²) >= 11 is 1.55. The number of carbonyl (C=O) groups is 2. The molecule has 0 saturated carbocycles. The van der Waals surface area contributed by atoms with E-state index in [1.807, 2.05) is 4.90 Å². The Hall–Kier alpha value is -1.91. The molecule has 1 fully saturated rings. The molecule has 1 aromatic rings. The molecule has 2 unspecified atom stereocenters. The van der Waals surface area contributed by atoms with Gasteiger partial charge in [-0.1, -0.05) is 6.92 Å². The first-order valence-electron chi connectivity index (χ1n) is 9.75. The van der Waals surface area contributed by atoms with Crippen molar-refractivity contribution in [1.29, 1.82) is 5.26 Å². The summed E-state index contributed by atoms with van der Waals surface area (Å²) in [5.41, 5.74) is 1.76. The molecule has 1 N–H and O–H groups in total. The first kappa shape index (κ1) is 19.8. The zero-order valence-electron chi connectivity index (χ0n) is 16.0. The van der Waals surface area contributed by atoms with Gasteiger partial charge < -0.3 is 10.1 Å². The molecule has 1 amide bonds. The third-order valence-corrected chi connectivity index (χ3v) is 6.54. The summed E-state index contributed by atoms with van der Waals surface area (Å²) in [5, 5.41) is 13.2. The molecule has 3 rings (SSSR count). The van der Waals surface area contributed by atoms with Crippen molar-refractivity contribution in [1.82, 2.24) is 4.90 Å². The number of nitrogens with zero attached hydrogens (tertiary/aromatic N) is 2. The molecule has 1 aliphatic heterocycles. The van der Waals surface area contributed by atoms with Crippen LogP contribution in [-0.2, 0) is 27.2 Å². The van der Waals surface area contributed by atoms with E-state index in [-0.39, 0.29) is 24.3 Å². The molecular formula is C20H27N3O3S. The number of ether oxygens (including phenoxy) is 1. The van der Waals surface area contributed by atoms with Crippen LogP contribution >= 0.6 is 11.3 Å². The normalized spacial score (nSPS) is 22.6. The minimum absolute atomic E-state index is 0.123. The number of nitriles is 1. The highest BCUT2D eigenvalue weighted by atomic mass is 32.1. The molecule has 0 radical (unpaired) electrons. The first-order chi connectivity index (χ1) is 13.0. The molecule has 1 aliphatic carbocycles. The summed E-state index contributed by atoms with van der Waals surface area (Å²) in [7, 11) is 0. The van der Waals surface area contributed by atoms with Crippen LogP contribution in [0.4, 0.5) is 5.00 Å². The Morgan fingerprint density at radius 1 is 1.41 bits per heavy atom. The van der Waals surface area contributed by atoms with E-state index in [9.17, 15) is 14.9 Å². The van der Waals surface area contributed by atoms with Crippen LogP contribution in [-0.4, -0.2) is 43.0 Å². The number of rotatable bonds is 5. The van der Waals surface area contributed by atoms with Gasteiger partial charge in [0.2, 0.25) is 5.91 Å². The van der Waals surface area contributed by atoms with Crippen molar-refractivity contribution in [3.8, 4) is 6.07 Å². The van der Waals surface area contributed by atoms with Crippen LogP contribution in [0.25, 0.3) is 0 Å². The third-order valence-electron chi connectivity index (χ3n) is 5.37. The zero-order valence-corrected chi connectivity index (χ0v) is 16.9. The van der Waals surface area contributed by atoms with E-state index in [1.165, 1.54) is 4.88 Å². The smallest absolute Gasteiger partial charge is 0.310 e. The fourth-order valence-corrected chi connectivity index (χ4v) is 5.36. The van der Waals surface area contributed by atoms with Crippen molar-refractivity contribution >= 4 is 28.2 Å². The Bertz CT molecular complexity index is 752. The minimum Gasteiger partial charge on any atom is -0.466 e. The molecule has 1 saturated heterocycles. The standard InChI is InChI=1S/C20H27N3O3S/c1-3-26-20(25)14-5-4-8-23(11-14)12-18(24)22-19-16(10-21)15-7-6-13(2)9-17(15)27-19/h13-14H,3-9,11-12H2,1-2H3,(H,22,24). The van der Waals surface area contributed by atoms with E-state index in [1.54, 1.807) is 18.3 Å². The molecule has 0 aromatic carbocycles. The van der Waals surface area contributed by atoms with E-state index in [4.69, 9.17) is 4.74 Å². The lowest BCUT2D eigenvalue weighted by Crippen LogP contribution is -2.43. The molecule has 6 nitrogen and oxygen atoms in total. The second-order valence-corrected chi connectivity index (χ2v) is 8.65. The van der Waals surface area contributed by atoms with E-state index < -0.39 is 0 Å². The van der Waals surface area contributed by atoms with Gasteiger partial charge in [-0.15, -0.1) is 11.3 Å². The highest BCUT2D eigenvalue weighted by Crippen LogP contribution is 2.39. The number of fused-ring (bicyclic) bond motifs is 1. The van der Waals surface area contributed by atoms with Crippen molar-refractivity contribution in [2.45, 2.75) is 46.0 Å². The highest BCUT2D eigenvalue weighted by molar-refractivity contribution is 7.16. The summed E-state index contributed by atoms with van der Waals surface area (Å²) < 4.78 is 5.12. The molecule has 0 spiro atoms. The van der Waals surface area contributed by atoms with Crippen LogP contribution in [0.15, 0.2) is 0 Å². The number of esters is 1. The molecular weight excluding hydrogens is 362 g/mol. The van der Waals surface area contributed by atoms with Gasteiger partial charge in [0.05, 0.1) is 24.6 Å². The maximum atomic E-state index is 12.6. The van der Waals surface area contributed by atoms with Crippen molar-refractivity contribution in [2.75, 3.05) is 31.6 Å². The number of amides is 1. The monoisotopic (exact) mass is 389 g/mol. The van der Waals surface area contributed by atoms with Gasteiger partial charge in [-0.3, -0.25) is 14.5 Å². The predicted octanol–water partition coefficient (Wildman–Crippen LogP) is 2.96. The van der Waals surface area contributed by atoms with Crippen LogP contribution in [0.1, 0.15) is 49.1 Å². The van der Waals surface area contributed by atoms with Gasteiger partial charge in [0, 0.05) is 11.4 Å². The SMILES string of the molecule is CCOC(=O)C1CCCN(CC(=O)Nc2sc3c(c2C#N)CCC(C)C3)C1. The van der Waals surface area contributed by atoms with E-state index in [0.29, 0.717) is 29.6 Å². The van der Waals surface area contributed by atoms with Crippen molar-refractivity contribution in [3.63, 3.8) is 0 Å². The minimum atomic E-state index is -0.172.